The lowest BCUT2D eigenvalue weighted by molar-refractivity contribution is -0.137. The molecular weight excluding hydrogens is 347 g/mol. The van der Waals surface area contributed by atoms with Gasteiger partial charge in [-0.1, -0.05) is 18.2 Å². The first-order valence-corrected chi connectivity index (χ1v) is 7.53. The Morgan fingerprint density at radius 3 is 2.31 bits per heavy atom. The standard InChI is InChI=1S/C19H12F3NO3/c1-10(24)17-9-15(18(25)26)14-8-12(5-6-16(14)23-17)11-3-2-4-13(7-11)19(20,21)22/h2-9H,1H3,(H,25,26). The van der Waals surface area contributed by atoms with E-state index in [2.05, 4.69) is 4.98 Å². The SMILES string of the molecule is CC(=O)c1cc(C(=O)O)c2cc(-c3cccc(C(F)(F)F)c3)ccc2n1. The van der Waals surface area contributed by atoms with Crippen molar-refractivity contribution in [1.82, 2.24) is 4.98 Å². The molecule has 26 heavy (non-hydrogen) atoms. The predicted octanol–water partition coefficient (Wildman–Crippen LogP) is 4.82. The van der Waals surface area contributed by atoms with Crippen molar-refractivity contribution in [3.05, 3.63) is 65.4 Å². The van der Waals surface area contributed by atoms with Crippen LogP contribution in [0.15, 0.2) is 48.5 Å². The molecule has 0 saturated heterocycles. The monoisotopic (exact) mass is 359 g/mol. The predicted molar refractivity (Wildman–Crippen MR) is 89.1 cm³/mol. The van der Waals surface area contributed by atoms with Gasteiger partial charge in [0.15, 0.2) is 5.78 Å². The first kappa shape index (κ1) is 17.6. The fourth-order valence-electron chi connectivity index (χ4n) is 2.64. The van der Waals surface area contributed by atoms with Gasteiger partial charge in [-0.25, -0.2) is 9.78 Å². The summed E-state index contributed by atoms with van der Waals surface area (Å²) in [5, 5.41) is 9.66. The van der Waals surface area contributed by atoms with Crippen molar-refractivity contribution in [2.75, 3.05) is 0 Å². The van der Waals surface area contributed by atoms with Gasteiger partial charge in [0.25, 0.3) is 0 Å². The zero-order valence-electron chi connectivity index (χ0n) is 13.5. The van der Waals surface area contributed by atoms with Crippen LogP contribution in [0, 0.1) is 0 Å². The van der Waals surface area contributed by atoms with Crippen molar-refractivity contribution in [2.45, 2.75) is 13.1 Å². The molecule has 7 heteroatoms. The largest absolute Gasteiger partial charge is 0.478 e. The summed E-state index contributed by atoms with van der Waals surface area (Å²) in [6.07, 6.45) is -4.48. The third-order valence-corrected chi connectivity index (χ3v) is 3.92. The number of aromatic nitrogens is 1. The maximum absolute atomic E-state index is 12.9. The van der Waals surface area contributed by atoms with Crippen molar-refractivity contribution in [1.29, 1.82) is 0 Å². The zero-order chi connectivity index (χ0) is 19.1. The lowest BCUT2D eigenvalue weighted by Crippen LogP contribution is -2.05. The number of carboxylic acids is 1. The summed E-state index contributed by atoms with van der Waals surface area (Å²) in [5.41, 5.74) is 0.0948. The molecule has 0 fully saturated rings. The Kier molecular flexibility index (Phi) is 4.23. The lowest BCUT2D eigenvalue weighted by Gasteiger charge is -2.10. The van der Waals surface area contributed by atoms with Crippen LogP contribution in [0.1, 0.15) is 33.3 Å². The molecule has 0 spiro atoms. The third-order valence-electron chi connectivity index (χ3n) is 3.92. The molecule has 1 aromatic heterocycles. The van der Waals surface area contributed by atoms with Crippen LogP contribution in [-0.4, -0.2) is 21.8 Å². The number of hydrogen-bond acceptors (Lipinski definition) is 3. The van der Waals surface area contributed by atoms with Gasteiger partial charge in [-0.2, -0.15) is 13.2 Å². The number of carboxylic acid groups (broad SMARTS) is 1. The number of nitrogens with zero attached hydrogens (tertiary/aromatic N) is 1. The Hall–Kier alpha value is -3.22. The van der Waals surface area contributed by atoms with E-state index in [0.29, 0.717) is 11.1 Å². The molecular formula is C19H12F3NO3. The van der Waals surface area contributed by atoms with Gasteiger partial charge in [-0.3, -0.25) is 4.79 Å². The average molecular weight is 359 g/mol. The van der Waals surface area contributed by atoms with E-state index in [0.717, 1.165) is 12.1 Å². The number of benzene rings is 2. The zero-order valence-corrected chi connectivity index (χ0v) is 13.5. The number of carbonyl (C=O) groups excluding carboxylic acids is 1. The summed E-state index contributed by atoms with van der Waals surface area (Å²) in [6, 6.07) is 10.4. The van der Waals surface area contributed by atoms with Crippen LogP contribution in [0.4, 0.5) is 13.2 Å². The number of hydrogen-bond donors (Lipinski definition) is 1. The number of halogens is 3. The second-order valence-electron chi connectivity index (χ2n) is 5.73. The molecule has 0 amide bonds. The van der Waals surface area contributed by atoms with E-state index in [1.54, 1.807) is 6.07 Å². The number of pyridine rings is 1. The smallest absolute Gasteiger partial charge is 0.416 e. The molecule has 3 aromatic rings. The van der Waals surface area contributed by atoms with Crippen LogP contribution in [0.3, 0.4) is 0 Å². The maximum Gasteiger partial charge on any atom is 0.416 e. The van der Waals surface area contributed by atoms with E-state index < -0.39 is 17.7 Å². The first-order chi connectivity index (χ1) is 12.2. The lowest BCUT2D eigenvalue weighted by atomic mass is 9.98. The highest BCUT2D eigenvalue weighted by Gasteiger charge is 2.30. The fourth-order valence-corrected chi connectivity index (χ4v) is 2.64. The van der Waals surface area contributed by atoms with Crippen molar-refractivity contribution in [3.8, 4) is 11.1 Å². The summed E-state index contributed by atoms with van der Waals surface area (Å²) in [5.74, 6) is -1.63. The van der Waals surface area contributed by atoms with Gasteiger partial charge >= 0.3 is 12.1 Å². The molecule has 0 saturated carbocycles. The second kappa shape index (κ2) is 6.25. The summed E-state index contributed by atoms with van der Waals surface area (Å²) >= 11 is 0. The van der Waals surface area contributed by atoms with Crippen LogP contribution in [-0.2, 0) is 6.18 Å². The normalized spacial score (nSPS) is 11.5. The second-order valence-corrected chi connectivity index (χ2v) is 5.73. The van der Waals surface area contributed by atoms with Crippen molar-refractivity contribution in [2.24, 2.45) is 0 Å². The van der Waals surface area contributed by atoms with E-state index >= 15 is 0 Å². The molecule has 0 radical (unpaired) electrons. The molecule has 1 heterocycles. The Labute approximate surface area is 145 Å². The highest BCUT2D eigenvalue weighted by molar-refractivity contribution is 6.06. The summed E-state index contributed by atoms with van der Waals surface area (Å²) in [6.45, 7) is 1.27. The van der Waals surface area contributed by atoms with E-state index in [1.807, 2.05) is 0 Å². The van der Waals surface area contributed by atoms with E-state index in [9.17, 15) is 27.9 Å². The number of Topliss-reactive ketones (excluding diaryl/α,β-unsaturated/α-hetero) is 1. The van der Waals surface area contributed by atoms with Gasteiger partial charge in [-0.15, -0.1) is 0 Å². The van der Waals surface area contributed by atoms with E-state index in [4.69, 9.17) is 0 Å². The molecule has 0 aliphatic heterocycles. The van der Waals surface area contributed by atoms with Gasteiger partial charge in [0.1, 0.15) is 5.69 Å². The number of carbonyl (C=O) groups is 2. The first-order valence-electron chi connectivity index (χ1n) is 7.53. The van der Waals surface area contributed by atoms with Crippen LogP contribution >= 0.6 is 0 Å². The maximum atomic E-state index is 12.9. The number of alkyl halides is 3. The molecule has 0 aliphatic carbocycles. The molecule has 0 atom stereocenters. The minimum absolute atomic E-state index is 0.0155. The number of aromatic carboxylic acids is 1. The molecule has 132 valence electrons. The Bertz CT molecular complexity index is 1040. The number of rotatable bonds is 3. The summed E-state index contributed by atoms with van der Waals surface area (Å²) in [7, 11) is 0. The Morgan fingerprint density at radius 2 is 1.69 bits per heavy atom. The quantitative estimate of drug-likeness (QED) is 0.681. The molecule has 2 aromatic carbocycles. The van der Waals surface area contributed by atoms with Gasteiger partial charge in [0.05, 0.1) is 16.6 Å². The van der Waals surface area contributed by atoms with Crippen LogP contribution < -0.4 is 0 Å². The van der Waals surface area contributed by atoms with E-state index in [-0.39, 0.29) is 27.9 Å². The van der Waals surface area contributed by atoms with Crippen molar-refractivity contribution in [3.63, 3.8) is 0 Å². The highest BCUT2D eigenvalue weighted by atomic mass is 19.4. The van der Waals surface area contributed by atoms with Gasteiger partial charge in [0.2, 0.25) is 0 Å². The van der Waals surface area contributed by atoms with Gasteiger partial charge in [0, 0.05) is 12.3 Å². The van der Waals surface area contributed by atoms with Crippen LogP contribution in [0.5, 0.6) is 0 Å². The van der Waals surface area contributed by atoms with Crippen LogP contribution in [0.2, 0.25) is 0 Å². The highest BCUT2D eigenvalue weighted by Crippen LogP contribution is 2.33. The molecule has 0 unspecified atom stereocenters. The Morgan fingerprint density at radius 1 is 1.00 bits per heavy atom. The van der Waals surface area contributed by atoms with Crippen molar-refractivity contribution >= 4 is 22.7 Å². The van der Waals surface area contributed by atoms with Gasteiger partial charge < -0.3 is 5.11 Å². The minimum atomic E-state index is -4.48. The Balaban J connectivity index is 2.21. The van der Waals surface area contributed by atoms with Crippen LogP contribution in [0.25, 0.3) is 22.0 Å². The summed E-state index contributed by atoms with van der Waals surface area (Å²) in [4.78, 5) is 27.2. The number of ketones is 1. The van der Waals surface area contributed by atoms with Crippen molar-refractivity contribution < 1.29 is 27.9 Å². The van der Waals surface area contributed by atoms with Gasteiger partial charge in [-0.05, 0) is 41.5 Å². The minimum Gasteiger partial charge on any atom is -0.478 e. The molecule has 3 rings (SSSR count). The average Bonchev–Trinajstić information content (AvgIpc) is 2.59. The molecule has 1 N–H and O–H groups in total. The van der Waals surface area contributed by atoms with E-state index in [1.165, 1.54) is 37.3 Å². The molecule has 0 aliphatic rings. The summed E-state index contributed by atoms with van der Waals surface area (Å²) < 4.78 is 38.7. The molecule has 4 nitrogen and oxygen atoms in total. The molecule has 0 bridgehead atoms. The third kappa shape index (κ3) is 3.28. The fraction of sp³-hybridized carbons (Fsp3) is 0.105. The number of fused-ring (bicyclic) bond motifs is 1. The topological polar surface area (TPSA) is 67.3 Å².